The smallest absolute Gasteiger partial charge is 0.265 e. The van der Waals surface area contributed by atoms with E-state index in [0.717, 1.165) is 15.6 Å². The predicted molar refractivity (Wildman–Crippen MR) is 87.8 cm³/mol. The minimum atomic E-state index is -3.89. The molecular weight excluding hydrogens is 398 g/mol. The summed E-state index contributed by atoms with van der Waals surface area (Å²) in [6, 6.07) is 3.21. The molecule has 2 aromatic rings. The molecule has 1 aromatic carbocycles. The van der Waals surface area contributed by atoms with Gasteiger partial charge in [-0.2, -0.15) is 0 Å². The van der Waals surface area contributed by atoms with Crippen molar-refractivity contribution in [3.8, 4) is 5.75 Å². The van der Waals surface area contributed by atoms with Gasteiger partial charge in [-0.25, -0.2) is 13.4 Å². The lowest BCUT2D eigenvalue weighted by atomic mass is 10.2. The lowest BCUT2D eigenvalue weighted by molar-refractivity contribution is 0.295. The molecule has 0 aliphatic heterocycles. The number of thiazole rings is 1. The van der Waals surface area contributed by atoms with Gasteiger partial charge in [0.2, 0.25) is 0 Å². The third-order valence-electron chi connectivity index (χ3n) is 2.88. The van der Waals surface area contributed by atoms with Gasteiger partial charge in [0.05, 0.1) is 5.69 Å². The molecular formula is C13H13BrClNO3S2. The maximum Gasteiger partial charge on any atom is 0.265 e. The highest BCUT2D eigenvalue weighted by molar-refractivity contribution is 9.10. The summed E-state index contributed by atoms with van der Waals surface area (Å²) in [6.45, 7) is 5.89. The van der Waals surface area contributed by atoms with E-state index in [9.17, 15) is 8.42 Å². The van der Waals surface area contributed by atoms with Crippen molar-refractivity contribution in [3.63, 3.8) is 0 Å². The van der Waals surface area contributed by atoms with Gasteiger partial charge in [-0.15, -0.1) is 11.3 Å². The van der Waals surface area contributed by atoms with Crippen LogP contribution in [-0.4, -0.2) is 13.4 Å². The van der Waals surface area contributed by atoms with Crippen LogP contribution < -0.4 is 4.74 Å². The van der Waals surface area contributed by atoms with E-state index in [-0.39, 0.29) is 17.3 Å². The zero-order valence-corrected chi connectivity index (χ0v) is 15.6. The zero-order valence-electron chi connectivity index (χ0n) is 11.6. The van der Waals surface area contributed by atoms with Crippen LogP contribution in [0.2, 0.25) is 0 Å². The minimum Gasteiger partial charge on any atom is -0.485 e. The maximum absolute atomic E-state index is 11.7. The summed E-state index contributed by atoms with van der Waals surface area (Å²) in [7, 11) is 1.59. The molecule has 1 heterocycles. The molecule has 0 aliphatic carbocycles. The topological polar surface area (TPSA) is 56.3 Å². The van der Waals surface area contributed by atoms with Crippen LogP contribution in [0.4, 0.5) is 0 Å². The molecule has 0 spiro atoms. The van der Waals surface area contributed by atoms with Gasteiger partial charge in [-0.05, 0) is 38.5 Å². The molecule has 0 fully saturated rings. The molecule has 0 saturated carbocycles. The Morgan fingerprint density at radius 2 is 2.00 bits per heavy atom. The van der Waals surface area contributed by atoms with E-state index in [1.165, 1.54) is 17.4 Å². The first-order valence-electron chi connectivity index (χ1n) is 5.99. The second-order valence-electron chi connectivity index (χ2n) is 4.53. The van der Waals surface area contributed by atoms with E-state index in [1.807, 2.05) is 13.8 Å². The Morgan fingerprint density at radius 3 is 2.52 bits per heavy atom. The minimum absolute atomic E-state index is 0.0407. The number of rotatable bonds is 4. The number of hydrogen-bond donors (Lipinski definition) is 0. The van der Waals surface area contributed by atoms with E-state index in [1.54, 1.807) is 13.0 Å². The molecule has 0 unspecified atom stereocenters. The molecule has 0 atom stereocenters. The number of halogens is 2. The molecule has 4 nitrogen and oxygen atoms in total. The van der Waals surface area contributed by atoms with Crippen molar-refractivity contribution < 1.29 is 13.2 Å². The van der Waals surface area contributed by atoms with Gasteiger partial charge in [-0.3, -0.25) is 0 Å². The molecule has 0 aliphatic rings. The van der Waals surface area contributed by atoms with Crippen molar-refractivity contribution in [2.75, 3.05) is 0 Å². The number of nitrogens with zero attached hydrogens (tertiary/aromatic N) is 1. The molecule has 0 amide bonds. The highest BCUT2D eigenvalue weighted by atomic mass is 79.9. The van der Waals surface area contributed by atoms with E-state index < -0.39 is 9.05 Å². The Balaban J connectivity index is 2.35. The number of benzene rings is 1. The van der Waals surface area contributed by atoms with Gasteiger partial charge in [0.15, 0.2) is 0 Å². The zero-order chi connectivity index (χ0) is 15.8. The van der Waals surface area contributed by atoms with Crippen LogP contribution in [0.3, 0.4) is 0 Å². The highest BCUT2D eigenvalue weighted by Crippen LogP contribution is 2.34. The largest absolute Gasteiger partial charge is 0.485 e. The monoisotopic (exact) mass is 409 g/mol. The number of aromatic nitrogens is 1. The van der Waals surface area contributed by atoms with Gasteiger partial charge < -0.3 is 4.74 Å². The Morgan fingerprint density at radius 1 is 1.33 bits per heavy atom. The van der Waals surface area contributed by atoms with Gasteiger partial charge >= 0.3 is 0 Å². The van der Waals surface area contributed by atoms with E-state index >= 15 is 0 Å². The summed E-state index contributed by atoms with van der Waals surface area (Å²) in [5, 5.41) is 0.797. The van der Waals surface area contributed by atoms with Gasteiger partial charge in [0.25, 0.3) is 9.05 Å². The van der Waals surface area contributed by atoms with Crippen LogP contribution in [0.1, 0.15) is 21.1 Å². The quantitative estimate of drug-likeness (QED) is 0.704. The summed E-state index contributed by atoms with van der Waals surface area (Å²) >= 11 is 4.79. The maximum atomic E-state index is 11.7. The highest BCUT2D eigenvalue weighted by Gasteiger charge is 2.20. The SMILES string of the molecule is Cc1cc(Br)cc(S(=O)(=O)Cl)c1OCc1nc(C)c(C)s1. The Bertz CT molecular complexity index is 767. The lowest BCUT2D eigenvalue weighted by Gasteiger charge is -2.12. The first kappa shape index (κ1) is 16.7. The Kier molecular flexibility index (Phi) is 4.97. The molecule has 2 rings (SSSR count). The summed E-state index contributed by atoms with van der Waals surface area (Å²) < 4.78 is 29.7. The standard InChI is InChI=1S/C13H13BrClNO3S2/c1-7-4-10(14)5-11(21(15,17)18)13(7)19-6-12-16-8(2)9(3)20-12/h4-5H,6H2,1-3H3. The van der Waals surface area contributed by atoms with E-state index in [4.69, 9.17) is 15.4 Å². The molecule has 0 radical (unpaired) electrons. The summed E-state index contributed by atoms with van der Waals surface area (Å²) in [5.41, 5.74) is 1.64. The summed E-state index contributed by atoms with van der Waals surface area (Å²) in [5.74, 6) is 0.263. The molecule has 0 bridgehead atoms. The van der Waals surface area contributed by atoms with Gasteiger partial charge in [0, 0.05) is 20.0 Å². The fraction of sp³-hybridized carbons (Fsp3) is 0.308. The third-order valence-corrected chi connectivity index (χ3v) is 5.71. The first-order valence-corrected chi connectivity index (χ1v) is 9.91. The molecule has 21 heavy (non-hydrogen) atoms. The van der Waals surface area contributed by atoms with Crippen LogP contribution in [-0.2, 0) is 15.7 Å². The molecule has 1 aromatic heterocycles. The van der Waals surface area contributed by atoms with Crippen molar-refractivity contribution in [1.82, 2.24) is 4.98 Å². The number of aryl methyl sites for hydroxylation is 3. The normalized spacial score (nSPS) is 11.7. The summed E-state index contributed by atoms with van der Waals surface area (Å²) in [4.78, 5) is 5.44. The average molecular weight is 411 g/mol. The fourth-order valence-electron chi connectivity index (χ4n) is 1.80. The van der Waals surface area contributed by atoms with E-state index in [2.05, 4.69) is 20.9 Å². The molecule has 8 heteroatoms. The summed E-state index contributed by atoms with van der Waals surface area (Å²) in [6.07, 6.45) is 0. The first-order chi connectivity index (χ1) is 9.68. The average Bonchev–Trinajstić information content (AvgIpc) is 2.65. The van der Waals surface area contributed by atoms with Crippen LogP contribution in [0.15, 0.2) is 21.5 Å². The Labute approximate surface area is 140 Å². The second kappa shape index (κ2) is 6.24. The van der Waals surface area contributed by atoms with E-state index in [0.29, 0.717) is 10.0 Å². The van der Waals surface area contributed by atoms with Gasteiger partial charge in [-0.1, -0.05) is 15.9 Å². The van der Waals surface area contributed by atoms with Crippen molar-refractivity contribution in [1.29, 1.82) is 0 Å². The molecule has 0 N–H and O–H groups in total. The van der Waals surface area contributed by atoms with Gasteiger partial charge in [0.1, 0.15) is 22.3 Å². The third kappa shape index (κ3) is 3.97. The van der Waals surface area contributed by atoms with Crippen molar-refractivity contribution >= 4 is 47.0 Å². The number of hydrogen-bond acceptors (Lipinski definition) is 5. The van der Waals surface area contributed by atoms with Crippen LogP contribution in [0.5, 0.6) is 5.75 Å². The lowest BCUT2D eigenvalue weighted by Crippen LogP contribution is -2.03. The van der Waals surface area contributed by atoms with Crippen molar-refractivity contribution in [2.45, 2.75) is 32.3 Å². The Hall–Kier alpha value is -0.630. The second-order valence-corrected chi connectivity index (χ2v) is 9.26. The van der Waals surface area contributed by atoms with Crippen LogP contribution in [0.25, 0.3) is 0 Å². The number of ether oxygens (including phenoxy) is 1. The van der Waals surface area contributed by atoms with Crippen LogP contribution >= 0.6 is 37.9 Å². The van der Waals surface area contributed by atoms with Crippen molar-refractivity contribution in [2.24, 2.45) is 0 Å². The predicted octanol–water partition coefficient (Wildman–Crippen LogP) is 4.34. The van der Waals surface area contributed by atoms with Crippen molar-refractivity contribution in [3.05, 3.63) is 37.7 Å². The van der Waals surface area contributed by atoms with Crippen LogP contribution in [0, 0.1) is 20.8 Å². The molecule has 0 saturated heterocycles. The molecule has 114 valence electrons. The fourth-order valence-corrected chi connectivity index (χ4v) is 4.42.